The lowest BCUT2D eigenvalue weighted by atomic mass is 9.70. The molecular formula is C17H36N2. The molecule has 114 valence electrons. The van der Waals surface area contributed by atoms with Gasteiger partial charge in [-0.25, -0.2) is 0 Å². The SMILES string of the molecule is CCN(CC1(CNC(C)C)CCC(C)CC1)C(C)C. The molecule has 1 saturated carbocycles. The van der Waals surface area contributed by atoms with E-state index < -0.39 is 0 Å². The number of nitrogens with one attached hydrogen (secondary N) is 1. The van der Waals surface area contributed by atoms with E-state index in [0.717, 1.165) is 5.92 Å². The van der Waals surface area contributed by atoms with E-state index in [9.17, 15) is 0 Å². The van der Waals surface area contributed by atoms with Crippen LogP contribution in [0, 0.1) is 11.3 Å². The van der Waals surface area contributed by atoms with Gasteiger partial charge in [0.1, 0.15) is 0 Å². The van der Waals surface area contributed by atoms with Gasteiger partial charge in [0.25, 0.3) is 0 Å². The molecular weight excluding hydrogens is 232 g/mol. The van der Waals surface area contributed by atoms with Gasteiger partial charge in [-0.3, -0.25) is 0 Å². The van der Waals surface area contributed by atoms with E-state index in [1.54, 1.807) is 0 Å². The van der Waals surface area contributed by atoms with Crippen LogP contribution in [-0.4, -0.2) is 36.6 Å². The molecule has 0 saturated heterocycles. The molecule has 2 heteroatoms. The Morgan fingerprint density at radius 2 is 1.74 bits per heavy atom. The van der Waals surface area contributed by atoms with E-state index in [0.29, 0.717) is 17.5 Å². The van der Waals surface area contributed by atoms with Crippen molar-refractivity contribution in [3.05, 3.63) is 0 Å². The van der Waals surface area contributed by atoms with Gasteiger partial charge in [-0.15, -0.1) is 0 Å². The predicted molar refractivity (Wildman–Crippen MR) is 85.6 cm³/mol. The summed E-state index contributed by atoms with van der Waals surface area (Å²) in [6.07, 6.45) is 5.62. The molecule has 1 rings (SSSR count). The molecule has 0 spiro atoms. The number of nitrogens with zero attached hydrogens (tertiary/aromatic N) is 1. The topological polar surface area (TPSA) is 15.3 Å². The minimum atomic E-state index is 0.511. The maximum Gasteiger partial charge on any atom is 0.00527 e. The summed E-state index contributed by atoms with van der Waals surface area (Å²) in [5, 5.41) is 3.71. The third kappa shape index (κ3) is 5.43. The molecule has 19 heavy (non-hydrogen) atoms. The van der Waals surface area contributed by atoms with E-state index in [1.807, 2.05) is 0 Å². The summed E-state index contributed by atoms with van der Waals surface area (Å²) < 4.78 is 0. The molecule has 1 N–H and O–H groups in total. The predicted octanol–water partition coefficient (Wildman–Crippen LogP) is 3.91. The summed E-state index contributed by atoms with van der Waals surface area (Å²) in [4.78, 5) is 2.65. The Labute approximate surface area is 121 Å². The summed E-state index contributed by atoms with van der Waals surface area (Å²) in [6, 6.07) is 1.27. The van der Waals surface area contributed by atoms with E-state index in [4.69, 9.17) is 0 Å². The van der Waals surface area contributed by atoms with E-state index in [2.05, 4.69) is 51.8 Å². The minimum Gasteiger partial charge on any atom is -0.314 e. The molecule has 0 radical (unpaired) electrons. The quantitative estimate of drug-likeness (QED) is 0.753. The van der Waals surface area contributed by atoms with Gasteiger partial charge in [0.05, 0.1) is 0 Å². The third-order valence-corrected chi connectivity index (χ3v) is 4.90. The van der Waals surface area contributed by atoms with Gasteiger partial charge >= 0.3 is 0 Å². The second-order valence-corrected chi connectivity index (χ2v) is 7.37. The lowest BCUT2D eigenvalue weighted by molar-refractivity contribution is 0.0720. The Hall–Kier alpha value is -0.0800. The average Bonchev–Trinajstić information content (AvgIpc) is 2.36. The Balaban J connectivity index is 2.68. The van der Waals surface area contributed by atoms with Gasteiger partial charge in [0.2, 0.25) is 0 Å². The maximum atomic E-state index is 3.71. The van der Waals surface area contributed by atoms with Gasteiger partial charge in [-0.2, -0.15) is 0 Å². The molecule has 1 aliphatic carbocycles. The van der Waals surface area contributed by atoms with Crippen LogP contribution in [0.1, 0.15) is 67.2 Å². The van der Waals surface area contributed by atoms with Crippen molar-refractivity contribution in [3.63, 3.8) is 0 Å². The summed E-state index contributed by atoms with van der Waals surface area (Å²) in [5.74, 6) is 0.932. The maximum absolute atomic E-state index is 3.71. The van der Waals surface area contributed by atoms with Crippen LogP contribution in [0.5, 0.6) is 0 Å². The molecule has 2 nitrogen and oxygen atoms in total. The van der Waals surface area contributed by atoms with Crippen LogP contribution in [0.4, 0.5) is 0 Å². The van der Waals surface area contributed by atoms with Crippen molar-refractivity contribution in [2.24, 2.45) is 11.3 Å². The number of hydrogen-bond donors (Lipinski definition) is 1. The lowest BCUT2D eigenvalue weighted by Crippen LogP contribution is -2.49. The van der Waals surface area contributed by atoms with Crippen LogP contribution < -0.4 is 5.32 Å². The van der Waals surface area contributed by atoms with Gasteiger partial charge in [-0.05, 0) is 44.6 Å². The minimum absolute atomic E-state index is 0.511. The second kappa shape index (κ2) is 7.64. The van der Waals surface area contributed by atoms with Crippen LogP contribution in [0.15, 0.2) is 0 Å². The fraction of sp³-hybridized carbons (Fsp3) is 1.00. The highest BCUT2D eigenvalue weighted by Gasteiger charge is 2.35. The van der Waals surface area contributed by atoms with Gasteiger partial charge < -0.3 is 10.2 Å². The van der Waals surface area contributed by atoms with Crippen LogP contribution in [-0.2, 0) is 0 Å². The fourth-order valence-corrected chi connectivity index (χ4v) is 3.28. The summed E-state index contributed by atoms with van der Waals surface area (Å²) in [7, 11) is 0. The summed E-state index contributed by atoms with van der Waals surface area (Å²) in [5.41, 5.74) is 0.511. The third-order valence-electron chi connectivity index (χ3n) is 4.90. The molecule has 0 atom stereocenters. The first kappa shape index (κ1) is 17.0. The average molecular weight is 268 g/mol. The Morgan fingerprint density at radius 1 is 1.16 bits per heavy atom. The molecule has 0 aliphatic heterocycles. The second-order valence-electron chi connectivity index (χ2n) is 7.37. The number of hydrogen-bond acceptors (Lipinski definition) is 2. The van der Waals surface area contributed by atoms with Crippen molar-refractivity contribution >= 4 is 0 Å². The van der Waals surface area contributed by atoms with Gasteiger partial charge in [-0.1, -0.05) is 40.5 Å². The molecule has 0 amide bonds. The van der Waals surface area contributed by atoms with Crippen molar-refractivity contribution in [1.82, 2.24) is 10.2 Å². The van der Waals surface area contributed by atoms with Crippen molar-refractivity contribution in [2.45, 2.75) is 79.3 Å². The highest BCUT2D eigenvalue weighted by atomic mass is 15.2. The monoisotopic (exact) mass is 268 g/mol. The Bertz CT molecular complexity index is 240. The van der Waals surface area contributed by atoms with Crippen LogP contribution in [0.3, 0.4) is 0 Å². The summed E-state index contributed by atoms with van der Waals surface area (Å²) in [6.45, 7) is 17.6. The largest absolute Gasteiger partial charge is 0.314 e. The van der Waals surface area contributed by atoms with E-state index in [-0.39, 0.29) is 0 Å². The van der Waals surface area contributed by atoms with Crippen molar-refractivity contribution < 1.29 is 0 Å². The first-order valence-corrected chi connectivity index (χ1v) is 8.36. The van der Waals surface area contributed by atoms with Gasteiger partial charge in [0.15, 0.2) is 0 Å². The Morgan fingerprint density at radius 3 is 2.16 bits per heavy atom. The first-order chi connectivity index (χ1) is 8.88. The van der Waals surface area contributed by atoms with Crippen molar-refractivity contribution in [2.75, 3.05) is 19.6 Å². The molecule has 0 aromatic heterocycles. The highest BCUT2D eigenvalue weighted by molar-refractivity contribution is 4.90. The van der Waals surface area contributed by atoms with Gasteiger partial charge in [0, 0.05) is 25.2 Å². The van der Waals surface area contributed by atoms with E-state index >= 15 is 0 Å². The zero-order valence-electron chi connectivity index (χ0n) is 14.1. The molecule has 0 bridgehead atoms. The number of rotatable bonds is 7. The van der Waals surface area contributed by atoms with Crippen molar-refractivity contribution in [3.8, 4) is 0 Å². The molecule has 0 heterocycles. The highest BCUT2D eigenvalue weighted by Crippen LogP contribution is 2.39. The fourth-order valence-electron chi connectivity index (χ4n) is 3.28. The normalized spacial score (nSPS) is 28.6. The zero-order valence-corrected chi connectivity index (χ0v) is 14.1. The van der Waals surface area contributed by atoms with Crippen LogP contribution >= 0.6 is 0 Å². The standard InChI is InChI=1S/C17H36N2/c1-7-19(15(4)5)13-17(12-18-14(2)3)10-8-16(6)9-11-17/h14-16,18H,7-13H2,1-6H3. The Kier molecular flexibility index (Phi) is 6.82. The molecule has 0 aromatic carbocycles. The molecule has 1 fully saturated rings. The summed E-state index contributed by atoms with van der Waals surface area (Å²) >= 11 is 0. The molecule has 0 aromatic rings. The van der Waals surface area contributed by atoms with Crippen LogP contribution in [0.25, 0.3) is 0 Å². The van der Waals surface area contributed by atoms with Crippen molar-refractivity contribution in [1.29, 1.82) is 0 Å². The first-order valence-electron chi connectivity index (χ1n) is 8.36. The molecule has 1 aliphatic rings. The van der Waals surface area contributed by atoms with Crippen LogP contribution in [0.2, 0.25) is 0 Å². The zero-order chi connectivity index (χ0) is 14.5. The smallest absolute Gasteiger partial charge is 0.00527 e. The van der Waals surface area contributed by atoms with E-state index in [1.165, 1.54) is 45.3 Å². The lowest BCUT2D eigenvalue weighted by Gasteiger charge is -2.44. The molecule has 0 unspecified atom stereocenters.